The summed E-state index contributed by atoms with van der Waals surface area (Å²) in [7, 11) is -3.99. The largest absolute Gasteiger partial charge is 0.355 e. The molecule has 1 unspecified atom stereocenters. The molecule has 0 aliphatic heterocycles. The maximum Gasteiger partial charge on any atom is 0.271 e. The van der Waals surface area contributed by atoms with Crippen LogP contribution in [-0.2, 0) is 26.2 Å². The monoisotopic (exact) mass is 554 g/mol. The maximum absolute atomic E-state index is 13.4. The van der Waals surface area contributed by atoms with Crippen LogP contribution in [0.2, 0.25) is 0 Å². The predicted octanol–water partition coefficient (Wildman–Crippen LogP) is 2.99. The van der Waals surface area contributed by atoms with Crippen molar-refractivity contribution in [3.63, 3.8) is 0 Å². The number of rotatable bonds is 10. The molecule has 12 heteroatoms. The van der Waals surface area contributed by atoms with Crippen LogP contribution in [0.15, 0.2) is 46.9 Å². The van der Waals surface area contributed by atoms with Crippen LogP contribution in [0.25, 0.3) is 0 Å². The number of nitrogens with zero attached hydrogens (tertiary/aromatic N) is 3. The Bertz CT molecular complexity index is 1170. The molecule has 0 spiro atoms. The van der Waals surface area contributed by atoms with Gasteiger partial charge in [-0.2, -0.15) is 0 Å². The van der Waals surface area contributed by atoms with Gasteiger partial charge in [0.15, 0.2) is 0 Å². The minimum absolute atomic E-state index is 0.0271. The third-order valence-electron chi connectivity index (χ3n) is 5.14. The van der Waals surface area contributed by atoms with Crippen molar-refractivity contribution in [3.8, 4) is 0 Å². The lowest BCUT2D eigenvalue weighted by Gasteiger charge is -2.31. The van der Waals surface area contributed by atoms with Gasteiger partial charge >= 0.3 is 0 Å². The number of anilines is 1. The lowest BCUT2D eigenvalue weighted by molar-refractivity contribution is -0.384. The second-order valence-electron chi connectivity index (χ2n) is 7.72. The molecule has 2 aromatic carbocycles. The first kappa shape index (κ1) is 27.3. The fourth-order valence-corrected chi connectivity index (χ4v) is 4.43. The van der Waals surface area contributed by atoms with Crippen molar-refractivity contribution in [3.05, 3.63) is 68.2 Å². The summed E-state index contributed by atoms with van der Waals surface area (Å²) in [4.78, 5) is 37.9. The highest BCUT2D eigenvalue weighted by Gasteiger charge is 2.31. The highest BCUT2D eigenvalue weighted by molar-refractivity contribution is 9.10. The molecule has 34 heavy (non-hydrogen) atoms. The van der Waals surface area contributed by atoms with Crippen molar-refractivity contribution in [1.29, 1.82) is 0 Å². The van der Waals surface area contributed by atoms with Crippen LogP contribution < -0.4 is 9.62 Å². The summed E-state index contributed by atoms with van der Waals surface area (Å²) in [6.45, 7) is 4.72. The number of hydrogen-bond acceptors (Lipinski definition) is 6. The van der Waals surface area contributed by atoms with Gasteiger partial charge in [-0.15, -0.1) is 0 Å². The molecule has 10 nitrogen and oxygen atoms in total. The minimum Gasteiger partial charge on any atom is -0.355 e. The van der Waals surface area contributed by atoms with Crippen molar-refractivity contribution < 1.29 is 22.9 Å². The van der Waals surface area contributed by atoms with Gasteiger partial charge in [-0.05, 0) is 44.0 Å². The fourth-order valence-electron chi connectivity index (χ4n) is 3.27. The van der Waals surface area contributed by atoms with Gasteiger partial charge in [0, 0.05) is 29.7 Å². The van der Waals surface area contributed by atoms with Gasteiger partial charge < -0.3 is 10.2 Å². The van der Waals surface area contributed by atoms with E-state index in [1.807, 2.05) is 0 Å². The number of aryl methyl sites for hydroxylation is 1. The first-order chi connectivity index (χ1) is 15.8. The Labute approximate surface area is 207 Å². The zero-order chi connectivity index (χ0) is 25.6. The number of likely N-dealkylation sites (N-methyl/N-ethyl adjacent to an activating group) is 1. The lowest BCUT2D eigenvalue weighted by Crippen LogP contribution is -2.51. The van der Waals surface area contributed by atoms with E-state index in [-0.39, 0.29) is 23.8 Å². The van der Waals surface area contributed by atoms with Gasteiger partial charge in [-0.1, -0.05) is 34.1 Å². The van der Waals surface area contributed by atoms with Crippen LogP contribution in [0.4, 0.5) is 11.4 Å². The number of nitro groups is 1. The van der Waals surface area contributed by atoms with Crippen molar-refractivity contribution in [2.24, 2.45) is 0 Å². The smallest absolute Gasteiger partial charge is 0.271 e. The first-order valence-corrected chi connectivity index (χ1v) is 13.0. The molecular weight excluding hydrogens is 528 g/mol. The van der Waals surface area contributed by atoms with Gasteiger partial charge in [-0.25, -0.2) is 8.42 Å². The molecule has 0 aliphatic rings. The third kappa shape index (κ3) is 7.00. The molecule has 1 atom stereocenters. The summed E-state index contributed by atoms with van der Waals surface area (Å²) in [6.07, 6.45) is 0.921. The van der Waals surface area contributed by atoms with Crippen LogP contribution >= 0.6 is 15.9 Å². The van der Waals surface area contributed by atoms with Crippen LogP contribution in [0, 0.1) is 17.0 Å². The Balaban J connectivity index is 2.46. The highest BCUT2D eigenvalue weighted by Crippen LogP contribution is 2.28. The summed E-state index contributed by atoms with van der Waals surface area (Å²) in [5, 5.41) is 13.9. The zero-order valence-corrected chi connectivity index (χ0v) is 21.7. The van der Waals surface area contributed by atoms with Crippen LogP contribution in [-0.4, -0.2) is 55.4 Å². The molecule has 184 valence electrons. The van der Waals surface area contributed by atoms with E-state index in [2.05, 4.69) is 21.2 Å². The molecular formula is C22H27BrN4O6S. The minimum atomic E-state index is -3.99. The van der Waals surface area contributed by atoms with Crippen LogP contribution in [0.3, 0.4) is 0 Å². The van der Waals surface area contributed by atoms with E-state index in [4.69, 9.17) is 0 Å². The Kier molecular flexibility index (Phi) is 9.16. The van der Waals surface area contributed by atoms with E-state index in [0.717, 1.165) is 26.7 Å². The summed E-state index contributed by atoms with van der Waals surface area (Å²) < 4.78 is 26.9. The second-order valence-corrected chi connectivity index (χ2v) is 10.5. The van der Waals surface area contributed by atoms with E-state index in [9.17, 15) is 28.1 Å². The molecule has 1 N–H and O–H groups in total. The van der Waals surface area contributed by atoms with E-state index >= 15 is 0 Å². The Morgan fingerprint density at radius 2 is 1.79 bits per heavy atom. The molecule has 0 bridgehead atoms. The summed E-state index contributed by atoms with van der Waals surface area (Å²) in [5.74, 6) is -1.01. The fraction of sp³-hybridized carbons (Fsp3) is 0.364. The number of halogens is 1. The zero-order valence-electron chi connectivity index (χ0n) is 19.3. The van der Waals surface area contributed by atoms with Crippen molar-refractivity contribution in [2.45, 2.75) is 33.4 Å². The van der Waals surface area contributed by atoms with Crippen molar-refractivity contribution in [1.82, 2.24) is 10.2 Å². The van der Waals surface area contributed by atoms with Gasteiger partial charge in [0.25, 0.3) is 5.69 Å². The Morgan fingerprint density at radius 1 is 1.18 bits per heavy atom. The van der Waals surface area contributed by atoms with E-state index in [0.29, 0.717) is 12.1 Å². The Morgan fingerprint density at radius 3 is 2.32 bits per heavy atom. The van der Waals surface area contributed by atoms with Crippen LogP contribution in [0.5, 0.6) is 0 Å². The normalized spacial score (nSPS) is 12.0. The molecule has 0 fully saturated rings. The molecule has 0 saturated carbocycles. The maximum atomic E-state index is 13.4. The average Bonchev–Trinajstić information content (AvgIpc) is 2.76. The second kappa shape index (κ2) is 11.4. The molecule has 2 rings (SSSR count). The van der Waals surface area contributed by atoms with Gasteiger partial charge in [-0.3, -0.25) is 24.0 Å². The molecule has 2 aromatic rings. The molecule has 0 heterocycles. The van der Waals surface area contributed by atoms with Crippen molar-refractivity contribution in [2.75, 3.05) is 23.7 Å². The summed E-state index contributed by atoms with van der Waals surface area (Å²) >= 11 is 3.35. The number of amides is 2. The molecule has 0 saturated heterocycles. The summed E-state index contributed by atoms with van der Waals surface area (Å²) in [5.41, 5.74) is 0.911. The number of sulfonamides is 1. The number of nitrogens with one attached hydrogen (secondary N) is 1. The average molecular weight is 555 g/mol. The van der Waals surface area contributed by atoms with Crippen LogP contribution in [0.1, 0.15) is 25.0 Å². The van der Waals surface area contributed by atoms with E-state index in [1.54, 1.807) is 45.0 Å². The molecule has 0 radical (unpaired) electrons. The quantitative estimate of drug-likeness (QED) is 0.355. The van der Waals surface area contributed by atoms with Crippen molar-refractivity contribution >= 4 is 49.1 Å². The Hall–Kier alpha value is -2.99. The van der Waals surface area contributed by atoms with E-state index < -0.39 is 33.4 Å². The number of nitro benzene ring substituents is 1. The first-order valence-electron chi connectivity index (χ1n) is 10.4. The number of carbonyl (C=O) groups excluding carboxylic acids is 2. The van der Waals surface area contributed by atoms with Gasteiger partial charge in [0.05, 0.1) is 16.9 Å². The molecule has 2 amide bonds. The number of non-ortho nitro benzene ring substituents is 1. The number of benzene rings is 2. The molecule has 0 aromatic heterocycles. The number of carbonyl (C=O) groups is 2. The van der Waals surface area contributed by atoms with E-state index in [1.165, 1.54) is 17.0 Å². The van der Waals surface area contributed by atoms with Gasteiger partial charge in [0.2, 0.25) is 21.8 Å². The third-order valence-corrected chi connectivity index (χ3v) is 6.79. The SMILES string of the molecule is CCNC(=O)C(C)N(Cc1ccc(Br)cc1)C(=O)CN(c1cc([N+](=O)[O-])ccc1C)S(C)(=O)=O. The summed E-state index contributed by atoms with van der Waals surface area (Å²) in [6, 6.07) is 10.1. The highest BCUT2D eigenvalue weighted by atomic mass is 79.9. The topological polar surface area (TPSA) is 130 Å². The lowest BCUT2D eigenvalue weighted by atomic mass is 10.1. The number of hydrogen-bond donors (Lipinski definition) is 1. The standard InChI is InChI=1S/C22H27BrN4O6S/c1-5-24-22(29)16(3)25(13-17-7-9-18(23)10-8-17)21(28)14-26(34(4,32)33)20-12-19(27(30)31)11-6-15(20)2/h6-12,16H,5,13-14H2,1-4H3,(H,24,29). The predicted molar refractivity (Wildman–Crippen MR) is 133 cm³/mol. The van der Waals surface area contributed by atoms with Gasteiger partial charge in [0.1, 0.15) is 12.6 Å². The molecule has 0 aliphatic carbocycles.